The van der Waals surface area contributed by atoms with Gasteiger partial charge in [-0.05, 0) is 37.0 Å². The summed E-state index contributed by atoms with van der Waals surface area (Å²) in [6, 6.07) is 11.0. The SMILES string of the molecule is COC(=O)[C@H](CCC(N)=O)NC(=O)[C@H](Cc1ccccc1)N1CCN(S(=O)(=O)c2ccc([N+](=O)[O-])cc2)C2(CC2)C1=O. The van der Waals surface area contributed by atoms with Crippen molar-refractivity contribution < 1.29 is 37.3 Å². The lowest BCUT2D eigenvalue weighted by Crippen LogP contribution is -2.65. The first-order chi connectivity index (χ1) is 19.9. The topological polar surface area (TPSA) is 199 Å². The van der Waals surface area contributed by atoms with Crippen molar-refractivity contribution in [3.05, 3.63) is 70.3 Å². The summed E-state index contributed by atoms with van der Waals surface area (Å²) < 4.78 is 33.0. The van der Waals surface area contributed by atoms with E-state index in [2.05, 4.69) is 5.32 Å². The van der Waals surface area contributed by atoms with Gasteiger partial charge in [0.1, 0.15) is 17.6 Å². The lowest BCUT2D eigenvalue weighted by atomic mass is 10.00. The van der Waals surface area contributed by atoms with Gasteiger partial charge in [0.15, 0.2) is 0 Å². The number of amides is 3. The molecule has 2 aliphatic rings. The molecule has 224 valence electrons. The van der Waals surface area contributed by atoms with E-state index in [1.807, 2.05) is 0 Å². The van der Waals surface area contributed by atoms with Gasteiger partial charge in [-0.3, -0.25) is 24.5 Å². The molecule has 0 aromatic heterocycles. The zero-order valence-corrected chi connectivity index (χ0v) is 23.6. The Labute approximate surface area is 242 Å². The number of primary amides is 1. The normalized spacial score (nSPS) is 17.7. The third-order valence-electron chi connectivity index (χ3n) is 7.47. The minimum atomic E-state index is -4.20. The van der Waals surface area contributed by atoms with Crippen LogP contribution in [0.2, 0.25) is 0 Å². The lowest BCUT2D eigenvalue weighted by Gasteiger charge is -2.43. The highest BCUT2D eigenvalue weighted by atomic mass is 32.2. The van der Waals surface area contributed by atoms with Gasteiger partial charge in [-0.15, -0.1) is 0 Å². The van der Waals surface area contributed by atoms with E-state index in [-0.39, 0.29) is 55.8 Å². The third kappa shape index (κ3) is 6.26. The highest BCUT2D eigenvalue weighted by Crippen LogP contribution is 2.48. The van der Waals surface area contributed by atoms with Crippen LogP contribution in [-0.2, 0) is 40.4 Å². The molecule has 15 heteroatoms. The Balaban J connectivity index is 1.62. The fourth-order valence-corrected chi connectivity index (χ4v) is 6.89. The molecule has 1 saturated heterocycles. The molecule has 2 atom stereocenters. The molecule has 0 radical (unpaired) electrons. The highest BCUT2D eigenvalue weighted by Gasteiger charge is 2.63. The van der Waals surface area contributed by atoms with Gasteiger partial charge in [0.05, 0.1) is 16.9 Å². The molecule has 14 nitrogen and oxygen atoms in total. The minimum absolute atomic E-state index is 0.0767. The first-order valence-electron chi connectivity index (χ1n) is 13.2. The highest BCUT2D eigenvalue weighted by molar-refractivity contribution is 7.89. The molecule has 1 spiro atoms. The second kappa shape index (κ2) is 12.2. The summed E-state index contributed by atoms with van der Waals surface area (Å²) in [4.78, 5) is 62.8. The summed E-state index contributed by atoms with van der Waals surface area (Å²) in [5.41, 5.74) is 4.27. The van der Waals surface area contributed by atoms with Crippen LogP contribution >= 0.6 is 0 Å². The van der Waals surface area contributed by atoms with Crippen LogP contribution < -0.4 is 11.1 Å². The summed E-state index contributed by atoms with van der Waals surface area (Å²) in [6.07, 6.45) is 0.248. The maximum absolute atomic E-state index is 14.0. The van der Waals surface area contributed by atoms with Crippen LogP contribution in [0, 0.1) is 10.1 Å². The number of nitrogens with two attached hydrogens (primary N) is 1. The Hall–Kier alpha value is -4.37. The Bertz CT molecular complexity index is 1480. The molecule has 1 aliphatic heterocycles. The number of sulfonamides is 1. The molecular formula is C27H31N5O9S. The Kier molecular flexibility index (Phi) is 8.92. The van der Waals surface area contributed by atoms with Crippen molar-refractivity contribution >= 4 is 39.4 Å². The predicted molar refractivity (Wildman–Crippen MR) is 147 cm³/mol. The van der Waals surface area contributed by atoms with Crippen LogP contribution in [0.4, 0.5) is 5.69 Å². The number of nitro groups is 1. The number of carbonyl (C=O) groups is 4. The number of hydrogen-bond acceptors (Lipinski definition) is 9. The van der Waals surface area contributed by atoms with Gasteiger partial charge < -0.3 is 20.7 Å². The molecule has 4 rings (SSSR count). The van der Waals surface area contributed by atoms with Crippen molar-refractivity contribution in [1.82, 2.24) is 14.5 Å². The molecule has 42 heavy (non-hydrogen) atoms. The van der Waals surface area contributed by atoms with Crippen molar-refractivity contribution in [3.63, 3.8) is 0 Å². The number of ether oxygens (including phenoxy) is 1. The maximum atomic E-state index is 14.0. The number of rotatable bonds is 12. The monoisotopic (exact) mass is 601 g/mol. The number of nitrogens with one attached hydrogen (secondary N) is 1. The first-order valence-corrected chi connectivity index (χ1v) is 14.6. The van der Waals surface area contributed by atoms with E-state index >= 15 is 0 Å². The smallest absolute Gasteiger partial charge is 0.328 e. The number of nitro benzene ring substituents is 1. The second-order valence-corrected chi connectivity index (χ2v) is 12.0. The van der Waals surface area contributed by atoms with Gasteiger partial charge in [0.25, 0.3) is 5.69 Å². The van der Waals surface area contributed by atoms with Crippen LogP contribution in [0.5, 0.6) is 0 Å². The number of non-ortho nitro benzene ring substituents is 1. The fourth-order valence-electron chi connectivity index (χ4n) is 5.11. The van der Waals surface area contributed by atoms with E-state index in [0.29, 0.717) is 0 Å². The average Bonchev–Trinajstić information content (AvgIpc) is 3.76. The molecule has 2 aromatic carbocycles. The number of benzene rings is 2. The van der Waals surface area contributed by atoms with E-state index in [9.17, 15) is 37.7 Å². The Morgan fingerprint density at radius 1 is 1.10 bits per heavy atom. The predicted octanol–water partition coefficient (Wildman–Crippen LogP) is 0.495. The molecule has 0 unspecified atom stereocenters. The van der Waals surface area contributed by atoms with E-state index in [1.54, 1.807) is 30.3 Å². The fraction of sp³-hybridized carbons (Fsp3) is 0.407. The van der Waals surface area contributed by atoms with Crippen molar-refractivity contribution in [2.75, 3.05) is 20.2 Å². The minimum Gasteiger partial charge on any atom is -0.467 e. The molecule has 3 N–H and O–H groups in total. The maximum Gasteiger partial charge on any atom is 0.328 e. The van der Waals surface area contributed by atoms with Crippen LogP contribution in [0.25, 0.3) is 0 Å². The molecule has 1 heterocycles. The van der Waals surface area contributed by atoms with Crippen molar-refractivity contribution in [3.8, 4) is 0 Å². The molecule has 0 bridgehead atoms. The molecule has 2 aromatic rings. The van der Waals surface area contributed by atoms with Crippen LogP contribution in [0.3, 0.4) is 0 Å². The van der Waals surface area contributed by atoms with Gasteiger partial charge in [0, 0.05) is 38.1 Å². The molecule has 2 fully saturated rings. The van der Waals surface area contributed by atoms with E-state index < -0.39 is 56.3 Å². The Morgan fingerprint density at radius 2 is 1.74 bits per heavy atom. The van der Waals surface area contributed by atoms with E-state index in [0.717, 1.165) is 41.2 Å². The van der Waals surface area contributed by atoms with Gasteiger partial charge in [-0.1, -0.05) is 30.3 Å². The number of esters is 1. The summed E-state index contributed by atoms with van der Waals surface area (Å²) >= 11 is 0. The Morgan fingerprint density at radius 3 is 2.29 bits per heavy atom. The van der Waals surface area contributed by atoms with Gasteiger partial charge in [0.2, 0.25) is 27.7 Å². The molecule has 1 saturated carbocycles. The van der Waals surface area contributed by atoms with Gasteiger partial charge >= 0.3 is 5.97 Å². The third-order valence-corrected chi connectivity index (χ3v) is 9.45. The van der Waals surface area contributed by atoms with Crippen molar-refractivity contribution in [1.29, 1.82) is 0 Å². The summed E-state index contributed by atoms with van der Waals surface area (Å²) in [6.45, 7) is -0.242. The number of nitrogens with zero attached hydrogens (tertiary/aromatic N) is 3. The number of methoxy groups -OCH3 is 1. The van der Waals surface area contributed by atoms with Crippen LogP contribution in [-0.4, -0.2) is 84.1 Å². The average molecular weight is 602 g/mol. The van der Waals surface area contributed by atoms with Crippen molar-refractivity contribution in [2.45, 2.75) is 54.6 Å². The molecule has 3 amide bonds. The number of hydrogen-bond donors (Lipinski definition) is 2. The first kappa shape index (κ1) is 30.6. The molecular weight excluding hydrogens is 570 g/mol. The number of carbonyl (C=O) groups excluding carboxylic acids is 4. The lowest BCUT2D eigenvalue weighted by molar-refractivity contribution is -0.384. The van der Waals surface area contributed by atoms with E-state index in [4.69, 9.17) is 10.5 Å². The quantitative estimate of drug-likeness (QED) is 0.197. The molecule has 1 aliphatic carbocycles. The van der Waals surface area contributed by atoms with Gasteiger partial charge in [-0.2, -0.15) is 4.31 Å². The zero-order chi connectivity index (χ0) is 30.7. The van der Waals surface area contributed by atoms with Gasteiger partial charge in [-0.25, -0.2) is 13.2 Å². The van der Waals surface area contributed by atoms with E-state index in [1.165, 1.54) is 4.90 Å². The largest absolute Gasteiger partial charge is 0.467 e. The second-order valence-electron chi connectivity index (χ2n) is 10.2. The zero-order valence-electron chi connectivity index (χ0n) is 22.8. The summed E-state index contributed by atoms with van der Waals surface area (Å²) in [5, 5.41) is 13.6. The summed E-state index contributed by atoms with van der Waals surface area (Å²) in [7, 11) is -3.07. The summed E-state index contributed by atoms with van der Waals surface area (Å²) in [5.74, 6) is -2.68. The standard InChI is InChI=1S/C27H31N5O9S/c1-41-25(35)21(11-12-23(28)33)29-24(34)22(17-18-5-3-2-4-6-18)30-15-16-31(27(13-14-27)26(30)36)42(39,40)20-9-7-19(8-10-20)32(37)38/h2-10,21-22H,11-17H2,1H3,(H2,28,33)(H,29,34)/t21-,22-/m0/s1. The van der Waals surface area contributed by atoms with Crippen LogP contribution in [0.15, 0.2) is 59.5 Å². The number of piperazine rings is 1. The van der Waals surface area contributed by atoms with Crippen molar-refractivity contribution in [2.24, 2.45) is 5.73 Å². The van der Waals surface area contributed by atoms with Crippen LogP contribution in [0.1, 0.15) is 31.2 Å².